The van der Waals surface area contributed by atoms with Gasteiger partial charge in [0.1, 0.15) is 0 Å². The highest BCUT2D eigenvalue weighted by molar-refractivity contribution is 5.95. The summed E-state index contributed by atoms with van der Waals surface area (Å²) in [6.07, 6.45) is -1.23. The molecule has 0 radical (unpaired) electrons. The maximum atomic E-state index is 12.9. The Labute approximate surface area is 133 Å². The van der Waals surface area contributed by atoms with E-state index in [1.807, 2.05) is 6.92 Å². The number of likely N-dealkylation sites (tertiary alicyclic amines) is 1. The van der Waals surface area contributed by atoms with Crippen molar-refractivity contribution in [2.45, 2.75) is 38.9 Å². The van der Waals surface area contributed by atoms with Gasteiger partial charge >= 0.3 is 6.18 Å². The van der Waals surface area contributed by atoms with Crippen molar-refractivity contribution >= 4 is 5.91 Å². The first kappa shape index (κ1) is 17.8. The fraction of sp³-hybridized carbons (Fsp3) is 0.733. The molecule has 0 aliphatic carbocycles. The monoisotopic (exact) mass is 332 g/mol. The summed E-state index contributed by atoms with van der Waals surface area (Å²) in [5.41, 5.74) is -1.57. The van der Waals surface area contributed by atoms with Crippen molar-refractivity contribution in [1.29, 1.82) is 0 Å². The predicted octanol–water partition coefficient (Wildman–Crippen LogP) is 2.29. The summed E-state index contributed by atoms with van der Waals surface area (Å²) >= 11 is 0. The molecule has 1 aromatic heterocycles. The molecule has 1 fully saturated rings. The topological polar surface area (TPSA) is 50.2 Å². The lowest BCUT2D eigenvalue weighted by Crippen LogP contribution is -2.46. The molecule has 23 heavy (non-hydrogen) atoms. The van der Waals surface area contributed by atoms with Gasteiger partial charge in [0.15, 0.2) is 5.69 Å². The lowest BCUT2D eigenvalue weighted by atomic mass is 9.99. The number of carbonyl (C=O) groups excluding carboxylic acids is 1. The van der Waals surface area contributed by atoms with E-state index in [-0.39, 0.29) is 6.04 Å². The van der Waals surface area contributed by atoms with Crippen LogP contribution in [0.25, 0.3) is 0 Å². The number of nitrogens with zero attached hydrogens (tertiary/aromatic N) is 3. The lowest BCUT2D eigenvalue weighted by Gasteiger charge is -2.35. The van der Waals surface area contributed by atoms with Gasteiger partial charge in [-0.2, -0.15) is 18.3 Å². The molecule has 130 valence electrons. The number of aryl methyl sites for hydroxylation is 1. The van der Waals surface area contributed by atoms with Gasteiger partial charge in [-0.1, -0.05) is 6.92 Å². The van der Waals surface area contributed by atoms with E-state index in [0.717, 1.165) is 30.4 Å². The first-order chi connectivity index (χ1) is 10.7. The predicted molar refractivity (Wildman–Crippen MR) is 80.0 cm³/mol. The normalized spacial score (nSPS) is 21.2. The van der Waals surface area contributed by atoms with E-state index in [2.05, 4.69) is 22.2 Å². The number of nitrogens with one attached hydrogen (secondary N) is 1. The Hall–Kier alpha value is -1.57. The fourth-order valence-corrected chi connectivity index (χ4v) is 2.95. The molecule has 0 spiro atoms. The van der Waals surface area contributed by atoms with E-state index in [4.69, 9.17) is 0 Å². The Morgan fingerprint density at radius 2 is 2.22 bits per heavy atom. The number of alkyl halides is 3. The minimum absolute atomic E-state index is 0.0905. The van der Waals surface area contributed by atoms with E-state index < -0.39 is 23.3 Å². The second-order valence-electron chi connectivity index (χ2n) is 6.36. The van der Waals surface area contributed by atoms with Crippen LogP contribution in [0.1, 0.15) is 42.7 Å². The molecular formula is C15H23F3N4O. The Kier molecular flexibility index (Phi) is 5.33. The third-order valence-corrected chi connectivity index (χ3v) is 4.21. The third kappa shape index (κ3) is 4.46. The largest absolute Gasteiger partial charge is 0.435 e. The SMILES string of the molecule is C[C@H]1CCCN([C@@H](C)CNC(=O)c2cn(C)nc2C(F)(F)F)C1. The summed E-state index contributed by atoms with van der Waals surface area (Å²) in [6.45, 7) is 6.40. The van der Waals surface area contributed by atoms with E-state index >= 15 is 0 Å². The highest BCUT2D eigenvalue weighted by Gasteiger charge is 2.39. The van der Waals surface area contributed by atoms with Crippen molar-refractivity contribution in [3.8, 4) is 0 Å². The molecule has 1 amide bonds. The van der Waals surface area contributed by atoms with Crippen LogP contribution in [-0.2, 0) is 13.2 Å². The van der Waals surface area contributed by atoms with Crippen molar-refractivity contribution in [3.63, 3.8) is 0 Å². The second-order valence-corrected chi connectivity index (χ2v) is 6.36. The summed E-state index contributed by atoms with van der Waals surface area (Å²) in [4.78, 5) is 14.4. The van der Waals surface area contributed by atoms with Gasteiger partial charge in [0, 0.05) is 32.4 Å². The molecule has 0 saturated carbocycles. The van der Waals surface area contributed by atoms with Crippen LogP contribution in [0.2, 0.25) is 0 Å². The van der Waals surface area contributed by atoms with Crippen LogP contribution in [-0.4, -0.2) is 46.3 Å². The molecule has 0 bridgehead atoms. The molecular weight excluding hydrogens is 309 g/mol. The maximum absolute atomic E-state index is 12.9. The molecule has 1 aromatic rings. The van der Waals surface area contributed by atoms with E-state index in [0.29, 0.717) is 12.5 Å². The second kappa shape index (κ2) is 6.90. The lowest BCUT2D eigenvalue weighted by molar-refractivity contribution is -0.141. The van der Waals surface area contributed by atoms with Gasteiger partial charge in [-0.05, 0) is 32.2 Å². The Bertz CT molecular complexity index is 555. The average Bonchev–Trinajstić information content (AvgIpc) is 2.86. The van der Waals surface area contributed by atoms with Crippen LogP contribution < -0.4 is 5.32 Å². The van der Waals surface area contributed by atoms with Crippen molar-refractivity contribution in [3.05, 3.63) is 17.5 Å². The van der Waals surface area contributed by atoms with Crippen LogP contribution in [0.4, 0.5) is 13.2 Å². The highest BCUT2D eigenvalue weighted by atomic mass is 19.4. The van der Waals surface area contributed by atoms with E-state index in [1.54, 1.807) is 0 Å². The van der Waals surface area contributed by atoms with Crippen molar-refractivity contribution in [2.75, 3.05) is 19.6 Å². The maximum Gasteiger partial charge on any atom is 0.435 e. The Morgan fingerprint density at radius 3 is 2.83 bits per heavy atom. The first-order valence-electron chi connectivity index (χ1n) is 7.81. The zero-order chi connectivity index (χ0) is 17.2. The summed E-state index contributed by atoms with van der Waals surface area (Å²) in [7, 11) is 1.36. The Balaban J connectivity index is 1.97. The number of halogens is 3. The molecule has 1 aliphatic rings. The summed E-state index contributed by atoms with van der Waals surface area (Å²) < 4.78 is 39.7. The molecule has 5 nitrogen and oxygen atoms in total. The average molecular weight is 332 g/mol. The number of rotatable bonds is 4. The molecule has 0 unspecified atom stereocenters. The molecule has 1 saturated heterocycles. The van der Waals surface area contributed by atoms with Crippen molar-refractivity contribution in [1.82, 2.24) is 20.0 Å². The molecule has 8 heteroatoms. The molecule has 1 N–H and O–H groups in total. The summed E-state index contributed by atoms with van der Waals surface area (Å²) in [5, 5.41) is 5.95. The van der Waals surface area contributed by atoms with Crippen LogP contribution in [0, 0.1) is 5.92 Å². The zero-order valence-corrected chi connectivity index (χ0v) is 13.7. The van der Waals surface area contributed by atoms with Gasteiger partial charge in [-0.3, -0.25) is 14.4 Å². The van der Waals surface area contributed by atoms with Gasteiger partial charge in [-0.25, -0.2) is 0 Å². The third-order valence-electron chi connectivity index (χ3n) is 4.21. The van der Waals surface area contributed by atoms with Crippen molar-refractivity contribution < 1.29 is 18.0 Å². The fourth-order valence-electron chi connectivity index (χ4n) is 2.95. The molecule has 1 aliphatic heterocycles. The molecule has 2 heterocycles. The quantitative estimate of drug-likeness (QED) is 0.920. The highest BCUT2D eigenvalue weighted by Crippen LogP contribution is 2.30. The van der Waals surface area contributed by atoms with E-state index in [1.165, 1.54) is 13.5 Å². The van der Waals surface area contributed by atoms with Gasteiger partial charge in [0.25, 0.3) is 5.91 Å². The summed E-state index contributed by atoms with van der Waals surface area (Å²) in [5.74, 6) is -0.126. The van der Waals surface area contributed by atoms with Gasteiger partial charge in [-0.15, -0.1) is 0 Å². The number of hydrogen-bond donors (Lipinski definition) is 1. The van der Waals surface area contributed by atoms with Gasteiger partial charge in [0.2, 0.25) is 0 Å². The van der Waals surface area contributed by atoms with Crippen LogP contribution in [0.3, 0.4) is 0 Å². The van der Waals surface area contributed by atoms with E-state index in [9.17, 15) is 18.0 Å². The zero-order valence-electron chi connectivity index (χ0n) is 13.7. The van der Waals surface area contributed by atoms with Crippen LogP contribution >= 0.6 is 0 Å². The number of piperidine rings is 1. The number of carbonyl (C=O) groups is 1. The Morgan fingerprint density at radius 1 is 1.52 bits per heavy atom. The standard InChI is InChI=1S/C15H23F3N4O/c1-10-5-4-6-22(8-10)11(2)7-19-14(23)12-9-21(3)20-13(12)15(16,17)18/h9-11H,4-8H2,1-3H3,(H,19,23)/t10-,11-/m0/s1. The summed E-state index contributed by atoms with van der Waals surface area (Å²) in [6, 6.07) is 0.0905. The first-order valence-corrected chi connectivity index (χ1v) is 7.81. The number of aromatic nitrogens is 2. The molecule has 2 atom stereocenters. The minimum Gasteiger partial charge on any atom is -0.350 e. The molecule has 0 aromatic carbocycles. The molecule has 2 rings (SSSR count). The van der Waals surface area contributed by atoms with Gasteiger partial charge in [0.05, 0.1) is 5.56 Å². The van der Waals surface area contributed by atoms with Crippen molar-refractivity contribution in [2.24, 2.45) is 13.0 Å². The van der Waals surface area contributed by atoms with Gasteiger partial charge < -0.3 is 5.32 Å². The number of hydrogen-bond acceptors (Lipinski definition) is 3. The number of amides is 1. The smallest absolute Gasteiger partial charge is 0.350 e. The van der Waals surface area contributed by atoms with Crippen LogP contribution in [0.5, 0.6) is 0 Å². The minimum atomic E-state index is -4.64. The van der Waals surface area contributed by atoms with Crippen LogP contribution in [0.15, 0.2) is 6.20 Å².